The van der Waals surface area contributed by atoms with Crippen LogP contribution in [0.5, 0.6) is 0 Å². The van der Waals surface area contributed by atoms with Gasteiger partial charge >= 0.3 is 0 Å². The molecule has 1 aromatic carbocycles. The predicted octanol–water partition coefficient (Wildman–Crippen LogP) is 2.71. The van der Waals surface area contributed by atoms with Gasteiger partial charge in [0.1, 0.15) is 11.2 Å². The minimum absolute atomic E-state index is 0.127. The van der Waals surface area contributed by atoms with Crippen LogP contribution in [0, 0.1) is 11.2 Å². The number of hydrogen-bond acceptors (Lipinski definition) is 2. The first-order chi connectivity index (χ1) is 11.6. The lowest BCUT2D eigenvalue weighted by molar-refractivity contribution is -0.137. The van der Waals surface area contributed by atoms with E-state index in [0.29, 0.717) is 31.4 Å². The first-order valence-electron chi connectivity index (χ1n) is 8.94. The zero-order chi connectivity index (χ0) is 17.0. The van der Waals surface area contributed by atoms with Crippen molar-refractivity contribution in [2.24, 2.45) is 5.41 Å². The third-order valence-electron chi connectivity index (χ3n) is 5.20. The lowest BCUT2D eigenvalue weighted by Crippen LogP contribution is -2.47. The molecule has 0 radical (unpaired) electrons. The van der Waals surface area contributed by atoms with Gasteiger partial charge in [0, 0.05) is 12.6 Å². The van der Waals surface area contributed by atoms with E-state index in [1.807, 2.05) is 0 Å². The van der Waals surface area contributed by atoms with Crippen molar-refractivity contribution in [3.8, 4) is 0 Å². The summed E-state index contributed by atoms with van der Waals surface area (Å²) in [6, 6.07) is 6.77. The monoisotopic (exact) mass is 332 g/mol. The molecule has 2 saturated carbocycles. The first-order valence-corrected chi connectivity index (χ1v) is 8.94. The summed E-state index contributed by atoms with van der Waals surface area (Å²) in [6.45, 7) is 0.345. The molecule has 1 aromatic rings. The van der Waals surface area contributed by atoms with E-state index in [2.05, 4.69) is 10.6 Å². The van der Waals surface area contributed by atoms with E-state index in [0.717, 1.165) is 25.7 Å². The van der Waals surface area contributed by atoms with Crippen LogP contribution < -0.4 is 10.6 Å². The summed E-state index contributed by atoms with van der Waals surface area (Å²) in [4.78, 5) is 24.9. The van der Waals surface area contributed by atoms with Crippen LogP contribution in [0.4, 0.5) is 4.39 Å². The molecule has 2 amide bonds. The molecule has 0 unspecified atom stereocenters. The summed E-state index contributed by atoms with van der Waals surface area (Å²) in [5.41, 5.74) is -0.304. The Labute approximate surface area is 142 Å². The van der Waals surface area contributed by atoms with Crippen LogP contribution in [0.3, 0.4) is 0 Å². The smallest absolute Gasteiger partial charge is 0.235 e. The van der Waals surface area contributed by atoms with Crippen LogP contribution in [0.25, 0.3) is 0 Å². The second-order valence-electron chi connectivity index (χ2n) is 6.99. The Morgan fingerprint density at radius 1 is 1.08 bits per heavy atom. The van der Waals surface area contributed by atoms with Crippen LogP contribution in [-0.4, -0.2) is 24.4 Å². The van der Waals surface area contributed by atoms with Crippen LogP contribution in [0.15, 0.2) is 24.3 Å². The van der Waals surface area contributed by atoms with Crippen molar-refractivity contribution in [2.75, 3.05) is 6.54 Å². The minimum atomic E-state index is -0.882. The molecule has 24 heavy (non-hydrogen) atoms. The van der Waals surface area contributed by atoms with Gasteiger partial charge in [0.25, 0.3) is 0 Å². The Morgan fingerprint density at radius 2 is 1.79 bits per heavy atom. The summed E-state index contributed by atoms with van der Waals surface area (Å²) in [7, 11) is 0. The average Bonchev–Trinajstić information content (AvgIpc) is 3.39. The summed E-state index contributed by atoms with van der Waals surface area (Å²) in [6.07, 6.45) is 7.19. The molecule has 130 valence electrons. The predicted molar refractivity (Wildman–Crippen MR) is 89.8 cm³/mol. The molecule has 0 heterocycles. The number of nitrogens with one attached hydrogen (secondary N) is 2. The zero-order valence-corrected chi connectivity index (χ0v) is 13.9. The number of hydrogen-bond donors (Lipinski definition) is 2. The maximum absolute atomic E-state index is 13.6. The molecule has 2 N–H and O–H groups in total. The van der Waals surface area contributed by atoms with Gasteiger partial charge in [-0.2, -0.15) is 0 Å². The maximum atomic E-state index is 13.6. The number of carbonyl (C=O) groups is 2. The third-order valence-corrected chi connectivity index (χ3v) is 5.20. The second kappa shape index (κ2) is 7.32. The average molecular weight is 332 g/mol. The van der Waals surface area contributed by atoms with Crippen molar-refractivity contribution < 1.29 is 14.0 Å². The topological polar surface area (TPSA) is 58.2 Å². The molecule has 0 spiro atoms. The number of benzene rings is 1. The number of amides is 2. The van der Waals surface area contributed by atoms with Crippen LogP contribution in [0.1, 0.15) is 50.5 Å². The van der Waals surface area contributed by atoms with Crippen molar-refractivity contribution >= 4 is 11.8 Å². The maximum Gasteiger partial charge on any atom is 0.235 e. The molecule has 2 fully saturated rings. The Hall–Kier alpha value is -1.91. The lowest BCUT2D eigenvalue weighted by Gasteiger charge is -2.25. The van der Waals surface area contributed by atoms with Gasteiger partial charge in [-0.25, -0.2) is 4.39 Å². The molecule has 0 aromatic heterocycles. The second-order valence-corrected chi connectivity index (χ2v) is 6.99. The molecule has 0 saturated heterocycles. The van der Waals surface area contributed by atoms with Crippen LogP contribution in [-0.2, 0) is 16.0 Å². The van der Waals surface area contributed by atoms with Crippen LogP contribution >= 0.6 is 0 Å². The standard InChI is InChI=1S/C19H25FN2O2/c20-16-9-5-4-6-14(16)10-13-21-17(23)19(11-12-19)18(24)22-15-7-2-1-3-8-15/h4-6,9,15H,1-3,7-8,10-13H2,(H,21,23)(H,22,24). The highest BCUT2D eigenvalue weighted by molar-refractivity contribution is 6.07. The molecule has 4 nitrogen and oxygen atoms in total. The van der Waals surface area contributed by atoms with Crippen molar-refractivity contribution in [1.82, 2.24) is 10.6 Å². The zero-order valence-electron chi connectivity index (χ0n) is 13.9. The van der Waals surface area contributed by atoms with Gasteiger partial charge in [0.2, 0.25) is 11.8 Å². The van der Waals surface area contributed by atoms with Gasteiger partial charge in [0.15, 0.2) is 0 Å². The van der Waals surface area contributed by atoms with Crippen LogP contribution in [0.2, 0.25) is 0 Å². The van der Waals surface area contributed by atoms with E-state index in [9.17, 15) is 14.0 Å². The Kier molecular flexibility index (Phi) is 5.17. The Balaban J connectivity index is 1.48. The highest BCUT2D eigenvalue weighted by atomic mass is 19.1. The third kappa shape index (κ3) is 3.77. The van der Waals surface area contributed by atoms with E-state index >= 15 is 0 Å². The molecule has 0 bridgehead atoms. The molecular formula is C19H25FN2O2. The molecule has 0 aliphatic heterocycles. The summed E-state index contributed by atoms with van der Waals surface area (Å²) >= 11 is 0. The van der Waals surface area contributed by atoms with Gasteiger partial charge < -0.3 is 10.6 Å². The molecular weight excluding hydrogens is 307 g/mol. The minimum Gasteiger partial charge on any atom is -0.355 e. The van der Waals surface area contributed by atoms with Gasteiger partial charge in [-0.1, -0.05) is 37.5 Å². The Bertz CT molecular complexity index is 607. The van der Waals surface area contributed by atoms with Crippen molar-refractivity contribution in [1.29, 1.82) is 0 Å². The van der Waals surface area contributed by atoms with Crippen molar-refractivity contribution in [3.05, 3.63) is 35.6 Å². The number of rotatable bonds is 6. The van der Waals surface area contributed by atoms with Gasteiger partial charge in [-0.05, 0) is 43.7 Å². The lowest BCUT2D eigenvalue weighted by atomic mass is 9.94. The Morgan fingerprint density at radius 3 is 2.46 bits per heavy atom. The molecule has 2 aliphatic carbocycles. The summed E-state index contributed by atoms with van der Waals surface area (Å²) in [5.74, 6) is -0.604. The van der Waals surface area contributed by atoms with E-state index in [1.165, 1.54) is 12.5 Å². The van der Waals surface area contributed by atoms with E-state index < -0.39 is 5.41 Å². The van der Waals surface area contributed by atoms with Crippen molar-refractivity contribution in [2.45, 2.75) is 57.4 Å². The SMILES string of the molecule is O=C(NCCc1ccccc1F)C1(C(=O)NC2CCCCC2)CC1. The fourth-order valence-corrected chi connectivity index (χ4v) is 3.43. The normalized spacial score (nSPS) is 19.5. The summed E-state index contributed by atoms with van der Waals surface area (Å²) < 4.78 is 13.6. The van der Waals surface area contributed by atoms with E-state index in [4.69, 9.17) is 0 Å². The highest BCUT2D eigenvalue weighted by Crippen LogP contribution is 2.46. The first kappa shape index (κ1) is 16.9. The molecule has 5 heteroatoms. The molecule has 0 atom stereocenters. The van der Waals surface area contributed by atoms with E-state index in [1.54, 1.807) is 18.2 Å². The fraction of sp³-hybridized carbons (Fsp3) is 0.579. The molecule has 3 rings (SSSR count). The van der Waals surface area contributed by atoms with Gasteiger partial charge in [-0.15, -0.1) is 0 Å². The number of carbonyl (C=O) groups excluding carboxylic acids is 2. The highest BCUT2D eigenvalue weighted by Gasteiger charge is 2.56. The van der Waals surface area contributed by atoms with Crippen molar-refractivity contribution in [3.63, 3.8) is 0 Å². The van der Waals surface area contributed by atoms with Gasteiger partial charge in [0.05, 0.1) is 0 Å². The largest absolute Gasteiger partial charge is 0.355 e. The fourth-order valence-electron chi connectivity index (χ4n) is 3.43. The quantitative estimate of drug-likeness (QED) is 0.787. The van der Waals surface area contributed by atoms with E-state index in [-0.39, 0.29) is 23.7 Å². The summed E-state index contributed by atoms with van der Waals surface area (Å²) in [5, 5.41) is 5.87. The van der Waals surface area contributed by atoms with Gasteiger partial charge in [-0.3, -0.25) is 9.59 Å². The molecule has 2 aliphatic rings. The number of halogens is 1.